The quantitative estimate of drug-likeness (QED) is 0.691. The van der Waals surface area contributed by atoms with Crippen LogP contribution in [0.15, 0.2) is 65.6 Å². The number of benzene rings is 3. The summed E-state index contributed by atoms with van der Waals surface area (Å²) in [6.45, 7) is -0.122. The molecule has 0 spiro atoms. The van der Waals surface area contributed by atoms with Crippen molar-refractivity contribution in [3.05, 3.63) is 77.9 Å². The second-order valence-corrected chi connectivity index (χ2v) is 7.58. The number of hydrogen-bond acceptors (Lipinski definition) is 3. The molecule has 7 heteroatoms. The molecular weight excluding hydrogens is 360 g/mol. The molecule has 0 amide bonds. The van der Waals surface area contributed by atoms with Crippen molar-refractivity contribution >= 4 is 20.8 Å². The van der Waals surface area contributed by atoms with Crippen molar-refractivity contribution in [1.29, 1.82) is 0 Å². The Hall–Kier alpha value is -2.35. The van der Waals surface area contributed by atoms with E-state index in [0.29, 0.717) is 11.6 Å². The Kier molecular flexibility index (Phi) is 5.31. The fraction of sp³-hybridized carbons (Fsp3) is 0.158. The van der Waals surface area contributed by atoms with Gasteiger partial charge in [0.25, 0.3) is 0 Å². The summed E-state index contributed by atoms with van der Waals surface area (Å²) in [7, 11) is -4.21. The van der Waals surface area contributed by atoms with E-state index in [-0.39, 0.29) is 13.0 Å². The van der Waals surface area contributed by atoms with Gasteiger partial charge in [-0.1, -0.05) is 42.5 Å². The van der Waals surface area contributed by atoms with Crippen molar-refractivity contribution in [1.82, 2.24) is 4.72 Å². The minimum absolute atomic E-state index is 0.0875. The maximum absolute atomic E-state index is 13.7. The molecule has 0 bridgehead atoms. The number of sulfonamides is 1. The molecule has 136 valence electrons. The summed E-state index contributed by atoms with van der Waals surface area (Å²) in [4.78, 5) is -0.753. The lowest BCUT2D eigenvalue weighted by molar-refractivity contribution is 0.170. The SMILES string of the molecule is O=S(=O)(NCCC(O)c1cccc2ccccc12)c1cc(F)ccc1F. The zero-order valence-electron chi connectivity index (χ0n) is 13.7. The van der Waals surface area contributed by atoms with E-state index in [1.807, 2.05) is 36.4 Å². The largest absolute Gasteiger partial charge is 0.388 e. The number of rotatable bonds is 6. The molecule has 0 saturated carbocycles. The Balaban J connectivity index is 1.72. The van der Waals surface area contributed by atoms with Gasteiger partial charge in [-0.2, -0.15) is 0 Å². The number of aliphatic hydroxyl groups is 1. The predicted molar refractivity (Wildman–Crippen MR) is 95.1 cm³/mol. The summed E-state index contributed by atoms with van der Waals surface area (Å²) in [6, 6.07) is 15.3. The minimum Gasteiger partial charge on any atom is -0.388 e. The van der Waals surface area contributed by atoms with Crippen molar-refractivity contribution < 1.29 is 22.3 Å². The van der Waals surface area contributed by atoms with Crippen molar-refractivity contribution in [3.63, 3.8) is 0 Å². The molecular formula is C19H17F2NO3S. The number of halogens is 2. The maximum atomic E-state index is 13.7. The predicted octanol–water partition coefficient (Wildman–Crippen LogP) is 3.52. The van der Waals surface area contributed by atoms with Crippen molar-refractivity contribution in [2.45, 2.75) is 17.4 Å². The molecule has 26 heavy (non-hydrogen) atoms. The van der Waals surface area contributed by atoms with Crippen molar-refractivity contribution in [2.24, 2.45) is 0 Å². The van der Waals surface area contributed by atoms with Gasteiger partial charge < -0.3 is 5.11 Å². The molecule has 0 heterocycles. The third kappa shape index (κ3) is 3.90. The molecule has 3 rings (SSSR count). The van der Waals surface area contributed by atoms with Gasteiger partial charge in [0.2, 0.25) is 10.0 Å². The van der Waals surface area contributed by atoms with Crippen LogP contribution >= 0.6 is 0 Å². The van der Waals surface area contributed by atoms with Crippen LogP contribution in [0.5, 0.6) is 0 Å². The van der Waals surface area contributed by atoms with Crippen LogP contribution in [0.1, 0.15) is 18.1 Å². The Morgan fingerprint density at radius 3 is 2.54 bits per heavy atom. The lowest BCUT2D eigenvalue weighted by Gasteiger charge is -2.14. The fourth-order valence-electron chi connectivity index (χ4n) is 2.79. The highest BCUT2D eigenvalue weighted by atomic mass is 32.2. The van der Waals surface area contributed by atoms with Crippen molar-refractivity contribution in [2.75, 3.05) is 6.54 Å². The summed E-state index contributed by atoms with van der Waals surface area (Å²) in [6.07, 6.45) is -0.814. The average molecular weight is 377 g/mol. The van der Waals surface area contributed by atoms with Gasteiger partial charge in [-0.15, -0.1) is 0 Å². The normalized spacial score (nSPS) is 13.0. The first kappa shape index (κ1) is 18.4. The molecule has 2 N–H and O–H groups in total. The highest BCUT2D eigenvalue weighted by Gasteiger charge is 2.20. The number of hydrogen-bond donors (Lipinski definition) is 2. The summed E-state index contributed by atoms with van der Waals surface area (Å²) in [5.74, 6) is -1.88. The average Bonchev–Trinajstić information content (AvgIpc) is 2.63. The van der Waals surface area contributed by atoms with Gasteiger partial charge in [-0.05, 0) is 41.0 Å². The van der Waals surface area contributed by atoms with Crippen LogP contribution in [0.2, 0.25) is 0 Å². The number of aliphatic hydroxyl groups excluding tert-OH is 1. The standard InChI is InChI=1S/C19H17F2NO3S/c20-14-8-9-17(21)19(12-14)26(24,25)22-11-10-18(23)16-7-3-5-13-4-1-2-6-15(13)16/h1-9,12,18,22-23H,10-11H2. The van der Waals surface area contributed by atoms with E-state index in [1.165, 1.54) is 0 Å². The van der Waals surface area contributed by atoms with Gasteiger partial charge in [-0.3, -0.25) is 0 Å². The Bertz CT molecular complexity index is 1030. The summed E-state index contributed by atoms with van der Waals surface area (Å²) >= 11 is 0. The van der Waals surface area contributed by atoms with Gasteiger partial charge in [0, 0.05) is 6.54 Å². The second kappa shape index (κ2) is 7.49. The third-order valence-electron chi connectivity index (χ3n) is 4.07. The zero-order chi connectivity index (χ0) is 18.7. The molecule has 0 aliphatic rings. The Morgan fingerprint density at radius 1 is 1.00 bits per heavy atom. The Labute approximate surface area is 150 Å². The van der Waals surface area contributed by atoms with E-state index in [2.05, 4.69) is 4.72 Å². The van der Waals surface area contributed by atoms with Crippen LogP contribution in [-0.4, -0.2) is 20.1 Å². The summed E-state index contributed by atoms with van der Waals surface area (Å²) in [5, 5.41) is 12.3. The number of fused-ring (bicyclic) bond motifs is 1. The van der Waals surface area contributed by atoms with E-state index in [0.717, 1.165) is 22.9 Å². The van der Waals surface area contributed by atoms with Gasteiger partial charge in [0.05, 0.1) is 6.10 Å². The maximum Gasteiger partial charge on any atom is 0.243 e. The highest BCUT2D eigenvalue weighted by molar-refractivity contribution is 7.89. The van der Waals surface area contributed by atoms with Gasteiger partial charge in [-0.25, -0.2) is 21.9 Å². The highest BCUT2D eigenvalue weighted by Crippen LogP contribution is 2.26. The first-order valence-corrected chi connectivity index (χ1v) is 9.47. The van der Waals surface area contributed by atoms with E-state index >= 15 is 0 Å². The molecule has 1 unspecified atom stereocenters. The summed E-state index contributed by atoms with van der Waals surface area (Å²) < 4.78 is 53.3. The number of nitrogens with one attached hydrogen (secondary N) is 1. The molecule has 0 aliphatic heterocycles. The van der Waals surface area contributed by atoms with E-state index in [9.17, 15) is 22.3 Å². The monoisotopic (exact) mass is 377 g/mol. The van der Waals surface area contributed by atoms with Crippen LogP contribution in [-0.2, 0) is 10.0 Å². The fourth-order valence-corrected chi connectivity index (χ4v) is 3.92. The molecule has 0 aromatic heterocycles. The second-order valence-electron chi connectivity index (χ2n) is 5.85. The van der Waals surface area contributed by atoms with E-state index in [4.69, 9.17) is 0 Å². The lowest BCUT2D eigenvalue weighted by Crippen LogP contribution is -2.27. The van der Waals surface area contributed by atoms with Crippen LogP contribution < -0.4 is 4.72 Å². The van der Waals surface area contributed by atoms with Crippen LogP contribution in [0.4, 0.5) is 8.78 Å². The van der Waals surface area contributed by atoms with Gasteiger partial charge in [0.1, 0.15) is 16.5 Å². The Morgan fingerprint density at radius 2 is 1.73 bits per heavy atom. The van der Waals surface area contributed by atoms with Crippen LogP contribution in [0, 0.1) is 11.6 Å². The molecule has 3 aromatic carbocycles. The van der Waals surface area contributed by atoms with Crippen LogP contribution in [0.3, 0.4) is 0 Å². The molecule has 3 aromatic rings. The molecule has 0 radical (unpaired) electrons. The first-order chi connectivity index (χ1) is 12.4. The molecule has 0 saturated heterocycles. The molecule has 4 nitrogen and oxygen atoms in total. The van der Waals surface area contributed by atoms with E-state index < -0.39 is 32.7 Å². The first-order valence-electron chi connectivity index (χ1n) is 7.99. The minimum atomic E-state index is -4.21. The van der Waals surface area contributed by atoms with Crippen molar-refractivity contribution in [3.8, 4) is 0 Å². The van der Waals surface area contributed by atoms with Crippen LogP contribution in [0.25, 0.3) is 10.8 Å². The lowest BCUT2D eigenvalue weighted by atomic mass is 9.99. The van der Waals surface area contributed by atoms with Gasteiger partial charge >= 0.3 is 0 Å². The molecule has 0 aliphatic carbocycles. The summed E-state index contributed by atoms with van der Waals surface area (Å²) in [5.41, 5.74) is 0.680. The third-order valence-corrected chi connectivity index (χ3v) is 5.55. The van der Waals surface area contributed by atoms with E-state index in [1.54, 1.807) is 6.07 Å². The van der Waals surface area contributed by atoms with Gasteiger partial charge in [0.15, 0.2) is 0 Å². The smallest absolute Gasteiger partial charge is 0.243 e. The molecule has 0 fully saturated rings. The topological polar surface area (TPSA) is 66.4 Å². The zero-order valence-corrected chi connectivity index (χ0v) is 14.5. The molecule has 1 atom stereocenters.